The highest BCUT2D eigenvalue weighted by Crippen LogP contribution is 2.17. The van der Waals surface area contributed by atoms with E-state index in [4.69, 9.17) is 0 Å². The standard InChI is InChI=1S/C12H13N3O2/c16-10-3-4-15(7-10)12(17)8-1-2-11-9(5-8)6-13-14-11/h1-2,5-6,10,16H,3-4,7H2,(H,13,14)/t10-/m0/s1. The molecule has 3 rings (SSSR count). The summed E-state index contributed by atoms with van der Waals surface area (Å²) < 4.78 is 0. The molecule has 0 saturated carbocycles. The van der Waals surface area contributed by atoms with Crippen molar-refractivity contribution in [1.82, 2.24) is 15.1 Å². The van der Waals surface area contributed by atoms with Gasteiger partial charge in [0, 0.05) is 24.0 Å². The summed E-state index contributed by atoms with van der Waals surface area (Å²) in [4.78, 5) is 13.8. The molecule has 2 aromatic rings. The van der Waals surface area contributed by atoms with E-state index in [0.29, 0.717) is 25.1 Å². The number of benzene rings is 1. The van der Waals surface area contributed by atoms with Crippen molar-refractivity contribution in [3.63, 3.8) is 0 Å². The number of carbonyl (C=O) groups is 1. The van der Waals surface area contributed by atoms with Gasteiger partial charge in [0.05, 0.1) is 17.8 Å². The fourth-order valence-electron chi connectivity index (χ4n) is 2.18. The number of H-pyrrole nitrogens is 1. The predicted molar refractivity (Wildman–Crippen MR) is 62.6 cm³/mol. The van der Waals surface area contributed by atoms with Crippen molar-refractivity contribution in [2.24, 2.45) is 0 Å². The van der Waals surface area contributed by atoms with Crippen LogP contribution in [-0.4, -0.2) is 45.3 Å². The van der Waals surface area contributed by atoms with Crippen molar-refractivity contribution in [3.05, 3.63) is 30.0 Å². The molecule has 5 nitrogen and oxygen atoms in total. The molecule has 1 saturated heterocycles. The summed E-state index contributed by atoms with van der Waals surface area (Å²) in [6, 6.07) is 5.46. The Hall–Kier alpha value is -1.88. The van der Waals surface area contributed by atoms with Crippen molar-refractivity contribution in [1.29, 1.82) is 0 Å². The van der Waals surface area contributed by atoms with Crippen LogP contribution in [0.2, 0.25) is 0 Å². The quantitative estimate of drug-likeness (QED) is 0.761. The van der Waals surface area contributed by atoms with Gasteiger partial charge in [-0.1, -0.05) is 0 Å². The highest BCUT2D eigenvalue weighted by molar-refractivity contribution is 5.98. The van der Waals surface area contributed by atoms with Gasteiger partial charge in [0.2, 0.25) is 0 Å². The number of aromatic amines is 1. The number of carbonyl (C=O) groups excluding carboxylic acids is 1. The molecule has 1 amide bonds. The number of likely N-dealkylation sites (tertiary alicyclic amines) is 1. The second-order valence-corrected chi connectivity index (χ2v) is 4.37. The van der Waals surface area contributed by atoms with Crippen LogP contribution in [0.15, 0.2) is 24.4 Å². The zero-order valence-electron chi connectivity index (χ0n) is 9.26. The molecule has 2 N–H and O–H groups in total. The Morgan fingerprint density at radius 1 is 1.53 bits per heavy atom. The molecule has 1 aliphatic rings. The predicted octanol–water partition coefficient (Wildman–Crippen LogP) is 0.770. The SMILES string of the molecule is O=C(c1ccc2[nH]ncc2c1)N1CC[C@H](O)C1. The van der Waals surface area contributed by atoms with Gasteiger partial charge < -0.3 is 10.0 Å². The zero-order chi connectivity index (χ0) is 11.8. The van der Waals surface area contributed by atoms with Crippen LogP contribution in [0.3, 0.4) is 0 Å². The molecule has 17 heavy (non-hydrogen) atoms. The number of aliphatic hydroxyl groups excluding tert-OH is 1. The second-order valence-electron chi connectivity index (χ2n) is 4.37. The van der Waals surface area contributed by atoms with Crippen LogP contribution in [0.5, 0.6) is 0 Å². The molecule has 1 aromatic heterocycles. The number of nitrogens with zero attached hydrogens (tertiary/aromatic N) is 2. The number of fused-ring (bicyclic) bond motifs is 1. The lowest BCUT2D eigenvalue weighted by Gasteiger charge is -2.15. The first-order valence-corrected chi connectivity index (χ1v) is 5.64. The molecular formula is C12H13N3O2. The molecule has 5 heteroatoms. The summed E-state index contributed by atoms with van der Waals surface area (Å²) in [6.45, 7) is 1.06. The Kier molecular flexibility index (Phi) is 2.33. The van der Waals surface area contributed by atoms with Crippen molar-refractivity contribution in [3.8, 4) is 0 Å². The molecule has 0 bridgehead atoms. The maximum absolute atomic E-state index is 12.1. The molecule has 0 unspecified atom stereocenters. The van der Waals surface area contributed by atoms with Crippen LogP contribution < -0.4 is 0 Å². The third-order valence-corrected chi connectivity index (χ3v) is 3.14. The first-order chi connectivity index (χ1) is 8.24. The molecule has 1 fully saturated rings. The zero-order valence-corrected chi connectivity index (χ0v) is 9.26. The van der Waals surface area contributed by atoms with Gasteiger partial charge in [0.1, 0.15) is 0 Å². The first kappa shape index (κ1) is 10.3. The maximum atomic E-state index is 12.1. The summed E-state index contributed by atoms with van der Waals surface area (Å²) in [6.07, 6.45) is 1.99. The van der Waals surface area contributed by atoms with E-state index < -0.39 is 0 Å². The van der Waals surface area contributed by atoms with E-state index in [1.54, 1.807) is 17.2 Å². The summed E-state index contributed by atoms with van der Waals surface area (Å²) in [7, 11) is 0. The molecule has 2 heterocycles. The van der Waals surface area contributed by atoms with Gasteiger partial charge in [-0.25, -0.2) is 0 Å². The Bertz CT molecular complexity index is 564. The van der Waals surface area contributed by atoms with Crippen LogP contribution >= 0.6 is 0 Å². The van der Waals surface area contributed by atoms with E-state index in [1.165, 1.54) is 0 Å². The van der Waals surface area contributed by atoms with Gasteiger partial charge in [0.15, 0.2) is 0 Å². The number of rotatable bonds is 1. The lowest BCUT2D eigenvalue weighted by Crippen LogP contribution is -2.29. The Morgan fingerprint density at radius 2 is 2.41 bits per heavy atom. The van der Waals surface area contributed by atoms with E-state index >= 15 is 0 Å². The first-order valence-electron chi connectivity index (χ1n) is 5.64. The molecule has 1 aromatic carbocycles. The van der Waals surface area contributed by atoms with E-state index in [-0.39, 0.29) is 12.0 Å². The number of hydrogen-bond acceptors (Lipinski definition) is 3. The van der Waals surface area contributed by atoms with Crippen LogP contribution in [0.4, 0.5) is 0 Å². The Balaban J connectivity index is 1.89. The lowest BCUT2D eigenvalue weighted by molar-refractivity contribution is 0.0765. The van der Waals surface area contributed by atoms with Gasteiger partial charge in [-0.2, -0.15) is 5.10 Å². The number of nitrogens with one attached hydrogen (secondary N) is 1. The molecule has 88 valence electrons. The molecule has 0 aliphatic carbocycles. The van der Waals surface area contributed by atoms with Crippen molar-refractivity contribution < 1.29 is 9.90 Å². The lowest BCUT2D eigenvalue weighted by atomic mass is 10.1. The molecule has 1 atom stereocenters. The van der Waals surface area contributed by atoms with E-state index in [1.807, 2.05) is 12.1 Å². The largest absolute Gasteiger partial charge is 0.391 e. The van der Waals surface area contributed by atoms with Gasteiger partial charge in [0.25, 0.3) is 5.91 Å². The summed E-state index contributed by atoms with van der Waals surface area (Å²) in [5.74, 6) is -0.0235. The van der Waals surface area contributed by atoms with Gasteiger partial charge in [-0.05, 0) is 24.6 Å². The minimum atomic E-state index is -0.378. The second kappa shape index (κ2) is 3.85. The van der Waals surface area contributed by atoms with E-state index in [2.05, 4.69) is 10.2 Å². The normalized spacial score (nSPS) is 20.1. The van der Waals surface area contributed by atoms with Gasteiger partial charge in [-0.3, -0.25) is 9.89 Å². The highest BCUT2D eigenvalue weighted by Gasteiger charge is 2.25. The van der Waals surface area contributed by atoms with Crippen molar-refractivity contribution in [2.45, 2.75) is 12.5 Å². The average Bonchev–Trinajstić information content (AvgIpc) is 2.95. The Labute approximate surface area is 98.0 Å². The van der Waals surface area contributed by atoms with Gasteiger partial charge >= 0.3 is 0 Å². The average molecular weight is 231 g/mol. The van der Waals surface area contributed by atoms with Crippen molar-refractivity contribution in [2.75, 3.05) is 13.1 Å². The topological polar surface area (TPSA) is 69.2 Å². The third-order valence-electron chi connectivity index (χ3n) is 3.14. The summed E-state index contributed by atoms with van der Waals surface area (Å²) in [5.41, 5.74) is 1.57. The number of amides is 1. The number of hydrogen-bond donors (Lipinski definition) is 2. The third kappa shape index (κ3) is 1.78. The highest BCUT2D eigenvalue weighted by atomic mass is 16.3. The number of aromatic nitrogens is 2. The monoisotopic (exact) mass is 231 g/mol. The Morgan fingerprint density at radius 3 is 3.18 bits per heavy atom. The molecule has 0 radical (unpaired) electrons. The summed E-state index contributed by atoms with van der Waals surface area (Å²) >= 11 is 0. The van der Waals surface area contributed by atoms with Crippen LogP contribution in [-0.2, 0) is 0 Å². The van der Waals surface area contributed by atoms with Crippen LogP contribution in [0.25, 0.3) is 10.9 Å². The smallest absolute Gasteiger partial charge is 0.253 e. The fraction of sp³-hybridized carbons (Fsp3) is 0.333. The number of β-amino-alcohol motifs (C(OH)–C–C–N with tert-alkyl or cyclic N) is 1. The fourth-order valence-corrected chi connectivity index (χ4v) is 2.18. The van der Waals surface area contributed by atoms with Crippen molar-refractivity contribution >= 4 is 16.8 Å². The van der Waals surface area contributed by atoms with E-state index in [0.717, 1.165) is 10.9 Å². The van der Waals surface area contributed by atoms with Crippen LogP contribution in [0, 0.1) is 0 Å². The maximum Gasteiger partial charge on any atom is 0.253 e. The minimum absolute atomic E-state index is 0.0235. The molecular weight excluding hydrogens is 218 g/mol. The van der Waals surface area contributed by atoms with Gasteiger partial charge in [-0.15, -0.1) is 0 Å². The van der Waals surface area contributed by atoms with Crippen LogP contribution in [0.1, 0.15) is 16.8 Å². The minimum Gasteiger partial charge on any atom is -0.391 e. The summed E-state index contributed by atoms with van der Waals surface area (Å²) in [5, 5.41) is 17.1. The molecule has 1 aliphatic heterocycles. The number of aliphatic hydroxyl groups is 1. The molecule has 0 spiro atoms. The van der Waals surface area contributed by atoms with E-state index in [9.17, 15) is 9.90 Å².